The van der Waals surface area contributed by atoms with Crippen LogP contribution in [0.1, 0.15) is 13.3 Å². The van der Waals surface area contributed by atoms with Gasteiger partial charge in [0, 0.05) is 23.1 Å². The van der Waals surface area contributed by atoms with Gasteiger partial charge in [-0.2, -0.15) is 0 Å². The lowest BCUT2D eigenvalue weighted by Crippen LogP contribution is -2.35. The van der Waals surface area contributed by atoms with Crippen molar-refractivity contribution in [3.63, 3.8) is 0 Å². The highest BCUT2D eigenvalue weighted by Crippen LogP contribution is 2.26. The van der Waals surface area contributed by atoms with E-state index in [0.717, 1.165) is 4.90 Å². The minimum atomic E-state index is -0.187. The van der Waals surface area contributed by atoms with Crippen LogP contribution in [-0.2, 0) is 4.79 Å². The minimum absolute atomic E-state index is 0.0383. The zero-order valence-corrected chi connectivity index (χ0v) is 11.2. The van der Waals surface area contributed by atoms with Gasteiger partial charge in [0.05, 0.1) is 11.6 Å². The first kappa shape index (κ1) is 14.4. The standard InChI is InChI=1S/C12H16ClNO2S/c1-9(8-15)14-12(16)6-7-17-11-5-3-2-4-10(11)13/h2-5,9,15H,6-8H2,1H3,(H,14,16). The SMILES string of the molecule is CC(CO)NC(=O)CCSc1ccccc1Cl. The van der Waals surface area contributed by atoms with Gasteiger partial charge in [0.25, 0.3) is 0 Å². The van der Waals surface area contributed by atoms with Crippen LogP contribution in [0.4, 0.5) is 0 Å². The van der Waals surface area contributed by atoms with Crippen LogP contribution in [0, 0.1) is 0 Å². The molecule has 0 saturated carbocycles. The zero-order valence-electron chi connectivity index (χ0n) is 9.65. The van der Waals surface area contributed by atoms with Crippen molar-refractivity contribution < 1.29 is 9.90 Å². The molecule has 1 aromatic rings. The number of aliphatic hydroxyl groups excluding tert-OH is 1. The molecule has 94 valence electrons. The summed E-state index contributed by atoms with van der Waals surface area (Å²) < 4.78 is 0. The Hall–Kier alpha value is -0.710. The molecule has 0 aromatic heterocycles. The van der Waals surface area contributed by atoms with Gasteiger partial charge in [-0.15, -0.1) is 11.8 Å². The summed E-state index contributed by atoms with van der Waals surface area (Å²) in [6.07, 6.45) is 0.417. The molecule has 1 atom stereocenters. The fourth-order valence-electron chi connectivity index (χ4n) is 1.21. The molecule has 0 saturated heterocycles. The molecule has 5 heteroatoms. The lowest BCUT2D eigenvalue weighted by Gasteiger charge is -2.10. The molecule has 0 aliphatic rings. The van der Waals surface area contributed by atoms with E-state index in [4.69, 9.17) is 16.7 Å². The fraction of sp³-hybridized carbons (Fsp3) is 0.417. The van der Waals surface area contributed by atoms with Crippen LogP contribution in [0.5, 0.6) is 0 Å². The molecular weight excluding hydrogens is 258 g/mol. The minimum Gasteiger partial charge on any atom is -0.394 e. The van der Waals surface area contributed by atoms with Crippen LogP contribution in [-0.4, -0.2) is 29.4 Å². The van der Waals surface area contributed by atoms with Crippen LogP contribution < -0.4 is 5.32 Å². The van der Waals surface area contributed by atoms with Gasteiger partial charge in [0.15, 0.2) is 0 Å². The van der Waals surface area contributed by atoms with Crippen LogP contribution in [0.2, 0.25) is 5.02 Å². The predicted molar refractivity (Wildman–Crippen MR) is 71.5 cm³/mol. The molecule has 1 amide bonds. The Kier molecular flexibility index (Phi) is 6.40. The summed E-state index contributed by atoms with van der Waals surface area (Å²) in [5.74, 6) is 0.624. The Balaban J connectivity index is 2.29. The Labute approximate surface area is 111 Å². The molecule has 1 aromatic carbocycles. The first-order valence-electron chi connectivity index (χ1n) is 5.41. The average Bonchev–Trinajstić information content (AvgIpc) is 2.31. The van der Waals surface area contributed by atoms with E-state index in [1.54, 1.807) is 18.7 Å². The van der Waals surface area contributed by atoms with Gasteiger partial charge in [-0.25, -0.2) is 0 Å². The topological polar surface area (TPSA) is 49.3 Å². The van der Waals surface area contributed by atoms with Crippen LogP contribution in [0.3, 0.4) is 0 Å². The number of thioether (sulfide) groups is 1. The average molecular weight is 274 g/mol. The fourth-order valence-corrected chi connectivity index (χ4v) is 2.40. The molecule has 0 aliphatic heterocycles. The second-order valence-electron chi connectivity index (χ2n) is 3.68. The highest BCUT2D eigenvalue weighted by Gasteiger charge is 2.06. The highest BCUT2D eigenvalue weighted by molar-refractivity contribution is 7.99. The Morgan fingerprint density at radius 3 is 2.88 bits per heavy atom. The van der Waals surface area contributed by atoms with E-state index < -0.39 is 0 Å². The van der Waals surface area contributed by atoms with Gasteiger partial charge in [-0.05, 0) is 19.1 Å². The van der Waals surface area contributed by atoms with Crippen LogP contribution in [0.15, 0.2) is 29.2 Å². The van der Waals surface area contributed by atoms with E-state index in [1.807, 2.05) is 24.3 Å². The smallest absolute Gasteiger partial charge is 0.221 e. The maximum atomic E-state index is 11.4. The number of nitrogens with one attached hydrogen (secondary N) is 1. The van der Waals surface area contributed by atoms with Crippen molar-refractivity contribution in [3.8, 4) is 0 Å². The number of amides is 1. The molecule has 0 fully saturated rings. The number of benzene rings is 1. The molecule has 0 bridgehead atoms. The summed E-state index contributed by atoms with van der Waals surface area (Å²) in [5.41, 5.74) is 0. The predicted octanol–water partition coefficient (Wildman–Crippen LogP) is 2.32. The summed E-state index contributed by atoms with van der Waals surface area (Å²) >= 11 is 7.55. The normalized spacial score (nSPS) is 12.2. The highest BCUT2D eigenvalue weighted by atomic mass is 35.5. The third-order valence-electron chi connectivity index (χ3n) is 2.10. The molecule has 0 aliphatic carbocycles. The lowest BCUT2D eigenvalue weighted by atomic mass is 10.3. The number of rotatable bonds is 6. The number of carbonyl (C=O) groups is 1. The second kappa shape index (κ2) is 7.58. The number of hydrogen-bond donors (Lipinski definition) is 2. The lowest BCUT2D eigenvalue weighted by molar-refractivity contribution is -0.121. The van der Waals surface area contributed by atoms with Crippen molar-refractivity contribution in [2.24, 2.45) is 0 Å². The Bertz CT molecular complexity index is 373. The van der Waals surface area contributed by atoms with E-state index in [9.17, 15) is 4.79 Å². The van der Waals surface area contributed by atoms with E-state index in [1.165, 1.54) is 0 Å². The molecule has 1 rings (SSSR count). The maximum Gasteiger partial charge on any atom is 0.221 e. The summed E-state index contributed by atoms with van der Waals surface area (Å²) in [6.45, 7) is 1.72. The summed E-state index contributed by atoms with van der Waals surface area (Å²) in [6, 6.07) is 7.37. The molecule has 0 heterocycles. The number of hydrogen-bond acceptors (Lipinski definition) is 3. The van der Waals surface area contributed by atoms with Crippen molar-refractivity contribution in [2.75, 3.05) is 12.4 Å². The quantitative estimate of drug-likeness (QED) is 0.782. The van der Waals surface area contributed by atoms with Gasteiger partial charge in [-0.3, -0.25) is 4.79 Å². The van der Waals surface area contributed by atoms with Gasteiger partial charge in [0.2, 0.25) is 5.91 Å². The molecule has 17 heavy (non-hydrogen) atoms. The maximum absolute atomic E-state index is 11.4. The van der Waals surface area contributed by atoms with Crippen molar-refractivity contribution in [3.05, 3.63) is 29.3 Å². The van der Waals surface area contributed by atoms with Crippen LogP contribution >= 0.6 is 23.4 Å². The third kappa shape index (κ3) is 5.44. The van der Waals surface area contributed by atoms with Crippen molar-refractivity contribution in [1.82, 2.24) is 5.32 Å². The summed E-state index contributed by atoms with van der Waals surface area (Å²) in [7, 11) is 0. The van der Waals surface area contributed by atoms with E-state index in [2.05, 4.69) is 5.32 Å². The molecule has 3 nitrogen and oxygen atoms in total. The molecule has 0 spiro atoms. The zero-order chi connectivity index (χ0) is 12.7. The Morgan fingerprint density at radius 1 is 1.53 bits per heavy atom. The van der Waals surface area contributed by atoms with E-state index in [0.29, 0.717) is 17.2 Å². The summed E-state index contributed by atoms with van der Waals surface area (Å²) in [4.78, 5) is 12.4. The molecule has 2 N–H and O–H groups in total. The first-order valence-corrected chi connectivity index (χ1v) is 6.77. The largest absolute Gasteiger partial charge is 0.394 e. The second-order valence-corrected chi connectivity index (χ2v) is 5.22. The van der Waals surface area contributed by atoms with Crippen LogP contribution in [0.25, 0.3) is 0 Å². The molecule has 1 unspecified atom stereocenters. The third-order valence-corrected chi connectivity index (χ3v) is 3.62. The van der Waals surface area contributed by atoms with Gasteiger partial charge in [0.1, 0.15) is 0 Å². The van der Waals surface area contributed by atoms with Crippen molar-refractivity contribution in [2.45, 2.75) is 24.3 Å². The van der Waals surface area contributed by atoms with Gasteiger partial charge >= 0.3 is 0 Å². The molecule has 0 radical (unpaired) electrons. The molecular formula is C12H16ClNO2S. The van der Waals surface area contributed by atoms with Gasteiger partial charge < -0.3 is 10.4 Å². The first-order chi connectivity index (χ1) is 8.13. The number of carbonyl (C=O) groups excluding carboxylic acids is 1. The Morgan fingerprint density at radius 2 is 2.24 bits per heavy atom. The number of halogens is 1. The summed E-state index contributed by atoms with van der Waals surface area (Å²) in [5, 5.41) is 12.2. The van der Waals surface area contributed by atoms with E-state index >= 15 is 0 Å². The van der Waals surface area contributed by atoms with Crippen molar-refractivity contribution in [1.29, 1.82) is 0 Å². The number of aliphatic hydroxyl groups is 1. The van der Waals surface area contributed by atoms with E-state index in [-0.39, 0.29) is 18.6 Å². The van der Waals surface area contributed by atoms with Gasteiger partial charge in [-0.1, -0.05) is 23.7 Å². The monoisotopic (exact) mass is 273 g/mol. The van der Waals surface area contributed by atoms with Crippen molar-refractivity contribution >= 4 is 29.3 Å².